The molecule has 0 aromatic heterocycles. The molecule has 0 saturated heterocycles. The molecule has 0 aliphatic carbocycles. The molecule has 0 bridgehead atoms. The van der Waals surface area contributed by atoms with Gasteiger partial charge in [-0.1, -0.05) is 24.3 Å². The molecule has 0 unspecified atom stereocenters. The molecular weight excluding hydrogens is 210 g/mol. The van der Waals surface area contributed by atoms with Crippen LogP contribution in [0, 0.1) is 10.3 Å². The Balaban J connectivity index is 2.76. The lowest BCUT2D eigenvalue weighted by molar-refractivity contribution is -0.135. The Hall–Kier alpha value is -2.37. The second kappa shape index (κ2) is 4.92. The first-order valence-corrected chi connectivity index (χ1v) is 4.38. The van der Waals surface area contributed by atoms with Crippen LogP contribution in [0.3, 0.4) is 0 Å². The minimum Gasteiger partial charge on any atom is -0.384 e. The molecule has 0 heterocycles. The third kappa shape index (κ3) is 2.81. The van der Waals surface area contributed by atoms with E-state index in [2.05, 4.69) is 0 Å². The van der Waals surface area contributed by atoms with Crippen molar-refractivity contribution in [2.75, 3.05) is 0 Å². The van der Waals surface area contributed by atoms with Gasteiger partial charge in [-0.3, -0.25) is 15.0 Å². The van der Waals surface area contributed by atoms with Crippen molar-refractivity contribution >= 4 is 17.5 Å². The summed E-state index contributed by atoms with van der Waals surface area (Å²) in [6.45, 7) is 0. The number of amides is 1. The highest BCUT2D eigenvalue weighted by molar-refractivity contribution is 6.36. The number of nitrogens with one attached hydrogen (secondary N) is 1. The summed E-state index contributed by atoms with van der Waals surface area (Å²) < 4.78 is 0. The van der Waals surface area contributed by atoms with Crippen molar-refractivity contribution in [3.63, 3.8) is 0 Å². The fraction of sp³-hybridized carbons (Fsp3) is 0.100. The average Bonchev–Trinajstić information content (AvgIpc) is 2.28. The average molecular weight is 219 g/mol. The molecule has 3 N–H and O–H groups in total. The van der Waals surface area contributed by atoms with Crippen molar-refractivity contribution in [3.05, 3.63) is 40.3 Å². The van der Waals surface area contributed by atoms with E-state index < -0.39 is 11.7 Å². The quantitative estimate of drug-likeness (QED) is 0.329. The van der Waals surface area contributed by atoms with Crippen LogP contribution in [0.4, 0.5) is 0 Å². The number of benzene rings is 1. The number of hydrogen-bond donors (Lipinski definition) is 2. The zero-order valence-electron chi connectivity index (χ0n) is 8.27. The maximum absolute atomic E-state index is 11.1. The Morgan fingerprint density at radius 1 is 1.25 bits per heavy atom. The molecule has 6 nitrogen and oxygen atoms in total. The number of nitrogen functional groups attached to an aromatic ring is 1. The number of nitrogens with zero attached hydrogens (tertiary/aromatic N) is 1. The van der Waals surface area contributed by atoms with E-state index in [1.54, 1.807) is 24.3 Å². The predicted molar refractivity (Wildman–Crippen MR) is 57.0 cm³/mol. The molecule has 0 atom stereocenters. The molecule has 0 aliphatic rings. The topological polar surface area (TPSA) is 113 Å². The maximum atomic E-state index is 11.1. The molecule has 1 rings (SSSR count). The highest BCUT2D eigenvalue weighted by Gasteiger charge is 2.14. The van der Waals surface area contributed by atoms with Crippen molar-refractivity contribution in [3.8, 4) is 0 Å². The summed E-state index contributed by atoms with van der Waals surface area (Å²) >= 11 is 0. The van der Waals surface area contributed by atoms with Crippen LogP contribution in [0.1, 0.15) is 11.1 Å². The van der Waals surface area contributed by atoms with Crippen LogP contribution < -0.4 is 5.73 Å². The monoisotopic (exact) mass is 219 g/mol. The van der Waals surface area contributed by atoms with Gasteiger partial charge in [0.15, 0.2) is 0 Å². The van der Waals surface area contributed by atoms with Crippen molar-refractivity contribution in [2.24, 2.45) is 10.9 Å². The number of carbonyl (C=O) groups is 2. The molecule has 0 spiro atoms. The van der Waals surface area contributed by atoms with E-state index in [9.17, 15) is 14.5 Å². The summed E-state index contributed by atoms with van der Waals surface area (Å²) in [5.41, 5.74) is 6.33. The predicted octanol–water partition coefficient (Wildman–Crippen LogP) is 0.375. The van der Waals surface area contributed by atoms with Gasteiger partial charge < -0.3 is 5.73 Å². The van der Waals surface area contributed by atoms with Crippen molar-refractivity contribution in [1.29, 1.82) is 5.41 Å². The first-order valence-electron chi connectivity index (χ1n) is 4.38. The third-order valence-corrected chi connectivity index (χ3v) is 1.95. The van der Waals surface area contributed by atoms with Gasteiger partial charge in [0.1, 0.15) is 5.84 Å². The molecule has 1 aromatic carbocycles. The Labute approximate surface area is 90.9 Å². The van der Waals surface area contributed by atoms with Gasteiger partial charge in [0.05, 0.1) is 0 Å². The highest BCUT2D eigenvalue weighted by atomic mass is 16.3. The third-order valence-electron chi connectivity index (χ3n) is 1.95. The Morgan fingerprint density at radius 2 is 1.81 bits per heavy atom. The van der Waals surface area contributed by atoms with E-state index in [4.69, 9.17) is 11.1 Å². The lowest BCUT2D eigenvalue weighted by Crippen LogP contribution is -2.14. The number of ketones is 1. The minimum atomic E-state index is -1.28. The highest BCUT2D eigenvalue weighted by Crippen LogP contribution is 2.05. The molecule has 0 saturated carbocycles. The lowest BCUT2D eigenvalue weighted by Gasteiger charge is -2.00. The van der Waals surface area contributed by atoms with Crippen LogP contribution in [0.5, 0.6) is 0 Å². The molecule has 0 fully saturated rings. The van der Waals surface area contributed by atoms with Crippen LogP contribution >= 0.6 is 0 Å². The first-order chi connectivity index (χ1) is 7.54. The van der Waals surface area contributed by atoms with Gasteiger partial charge in [-0.05, 0) is 5.56 Å². The number of nitrogens with two attached hydrogens (primary N) is 1. The Morgan fingerprint density at radius 3 is 2.25 bits per heavy atom. The normalized spacial score (nSPS) is 9.50. The number of nitroso groups, excluding NO2 is 1. The summed E-state index contributed by atoms with van der Waals surface area (Å²) in [5, 5.41) is 9.18. The second-order valence-electron chi connectivity index (χ2n) is 3.11. The molecule has 0 radical (unpaired) electrons. The minimum absolute atomic E-state index is 0.0801. The number of rotatable bonds is 4. The maximum Gasteiger partial charge on any atom is 0.352 e. The van der Waals surface area contributed by atoms with Crippen LogP contribution in [-0.2, 0) is 16.0 Å². The largest absolute Gasteiger partial charge is 0.384 e. The number of amidine groups is 1. The number of hydrogen-bond acceptors (Lipinski definition) is 4. The van der Waals surface area contributed by atoms with Crippen molar-refractivity contribution < 1.29 is 9.59 Å². The van der Waals surface area contributed by atoms with Crippen molar-refractivity contribution in [2.45, 2.75) is 6.42 Å². The van der Waals surface area contributed by atoms with E-state index in [1.807, 2.05) is 5.18 Å². The molecule has 82 valence electrons. The number of carbonyl (C=O) groups excluding carboxylic acids is 2. The molecular formula is C10H9N3O3. The van der Waals surface area contributed by atoms with E-state index in [-0.39, 0.29) is 12.3 Å². The van der Waals surface area contributed by atoms with E-state index >= 15 is 0 Å². The fourth-order valence-corrected chi connectivity index (χ4v) is 1.11. The molecule has 16 heavy (non-hydrogen) atoms. The fourth-order valence-electron chi connectivity index (χ4n) is 1.11. The zero-order valence-corrected chi connectivity index (χ0v) is 8.27. The van der Waals surface area contributed by atoms with Gasteiger partial charge in [0.25, 0.3) is 0 Å². The van der Waals surface area contributed by atoms with Gasteiger partial charge in [0, 0.05) is 17.2 Å². The van der Waals surface area contributed by atoms with Gasteiger partial charge in [-0.15, -0.1) is 4.91 Å². The SMILES string of the molecule is N=C(N)c1ccc(CC(=O)C(=O)N=O)cc1. The van der Waals surface area contributed by atoms with Gasteiger partial charge in [-0.25, -0.2) is 0 Å². The summed E-state index contributed by atoms with van der Waals surface area (Å²) in [6, 6.07) is 6.24. The first kappa shape index (κ1) is 11.7. The molecule has 6 heteroatoms. The summed E-state index contributed by atoms with van der Waals surface area (Å²) in [7, 11) is 0. The second-order valence-corrected chi connectivity index (χ2v) is 3.11. The van der Waals surface area contributed by atoms with E-state index in [0.717, 1.165) is 0 Å². The van der Waals surface area contributed by atoms with Gasteiger partial charge in [0.2, 0.25) is 5.78 Å². The Bertz CT molecular complexity index is 451. The summed E-state index contributed by atoms with van der Waals surface area (Å²) in [6.07, 6.45) is -0.178. The smallest absolute Gasteiger partial charge is 0.352 e. The van der Waals surface area contributed by atoms with Crippen molar-refractivity contribution in [1.82, 2.24) is 0 Å². The zero-order chi connectivity index (χ0) is 12.1. The summed E-state index contributed by atoms with van der Waals surface area (Å²) in [5.74, 6) is -2.22. The molecule has 1 aromatic rings. The van der Waals surface area contributed by atoms with E-state index in [0.29, 0.717) is 11.1 Å². The standard InChI is InChI=1S/C10H9N3O3/c11-9(12)7-3-1-6(2-4-7)5-8(14)10(15)13-16/h1-4H,5H2,(H3,11,12). The lowest BCUT2D eigenvalue weighted by atomic mass is 10.1. The Kier molecular flexibility index (Phi) is 3.60. The van der Waals surface area contributed by atoms with E-state index in [1.165, 1.54) is 0 Å². The summed E-state index contributed by atoms with van der Waals surface area (Å²) in [4.78, 5) is 31.5. The van der Waals surface area contributed by atoms with Crippen LogP contribution in [0.25, 0.3) is 0 Å². The molecule has 1 amide bonds. The van der Waals surface area contributed by atoms with Crippen LogP contribution in [-0.4, -0.2) is 17.5 Å². The van der Waals surface area contributed by atoms with Crippen LogP contribution in [0.15, 0.2) is 29.4 Å². The van der Waals surface area contributed by atoms with Gasteiger partial charge >= 0.3 is 5.91 Å². The van der Waals surface area contributed by atoms with Crippen LogP contribution in [0.2, 0.25) is 0 Å². The van der Waals surface area contributed by atoms with Gasteiger partial charge in [-0.2, -0.15) is 0 Å². The molecule has 0 aliphatic heterocycles. The number of Topliss-reactive ketones (excluding diaryl/α,β-unsaturated/α-hetero) is 1.